The first-order valence-electron chi connectivity index (χ1n) is 4.19. The molecule has 1 heterocycles. The lowest BCUT2D eigenvalue weighted by molar-refractivity contribution is 0.380. The van der Waals surface area contributed by atoms with Crippen LogP contribution in [0.3, 0.4) is 0 Å². The van der Waals surface area contributed by atoms with E-state index in [-0.39, 0.29) is 23.8 Å². The first-order chi connectivity index (χ1) is 7.22. The van der Waals surface area contributed by atoms with Gasteiger partial charge in [-0.2, -0.15) is 4.98 Å². The van der Waals surface area contributed by atoms with Crippen LogP contribution in [0, 0.1) is 11.6 Å². The van der Waals surface area contributed by atoms with Crippen molar-refractivity contribution in [2.24, 2.45) is 5.73 Å². The highest BCUT2D eigenvalue weighted by molar-refractivity contribution is 5.55. The molecule has 1 aromatic heterocycles. The van der Waals surface area contributed by atoms with Crippen LogP contribution in [0.4, 0.5) is 8.78 Å². The van der Waals surface area contributed by atoms with Gasteiger partial charge in [-0.05, 0) is 12.1 Å². The van der Waals surface area contributed by atoms with Gasteiger partial charge >= 0.3 is 0 Å². The molecule has 0 aliphatic rings. The summed E-state index contributed by atoms with van der Waals surface area (Å²) in [5.74, 6) is -1.47. The molecule has 0 saturated heterocycles. The highest BCUT2D eigenvalue weighted by Crippen LogP contribution is 2.22. The fourth-order valence-electron chi connectivity index (χ4n) is 1.15. The molecule has 0 saturated carbocycles. The largest absolute Gasteiger partial charge is 0.338 e. The lowest BCUT2D eigenvalue weighted by atomic mass is 10.2. The van der Waals surface area contributed by atoms with E-state index < -0.39 is 11.6 Å². The van der Waals surface area contributed by atoms with E-state index in [4.69, 9.17) is 5.73 Å². The van der Waals surface area contributed by atoms with Crippen LogP contribution in [0.15, 0.2) is 22.7 Å². The molecule has 0 spiro atoms. The van der Waals surface area contributed by atoms with Crippen LogP contribution in [0.1, 0.15) is 5.89 Å². The standard InChI is InChI=1S/C9H7F2N3O/c10-5-2-1-3-6(11)8(5)9-13-7(4-12)15-14-9/h1-3H,4,12H2. The Hall–Kier alpha value is -1.82. The normalized spacial score (nSPS) is 10.6. The van der Waals surface area contributed by atoms with E-state index in [9.17, 15) is 8.78 Å². The summed E-state index contributed by atoms with van der Waals surface area (Å²) in [6.07, 6.45) is 0. The SMILES string of the molecule is NCc1nc(-c2c(F)cccc2F)no1. The van der Waals surface area contributed by atoms with Gasteiger partial charge in [0.15, 0.2) is 0 Å². The van der Waals surface area contributed by atoms with Crippen molar-refractivity contribution >= 4 is 0 Å². The molecule has 4 nitrogen and oxygen atoms in total. The number of nitrogens with two attached hydrogens (primary N) is 1. The third-order valence-corrected chi connectivity index (χ3v) is 1.83. The van der Waals surface area contributed by atoms with Crippen molar-refractivity contribution in [3.05, 3.63) is 35.7 Å². The summed E-state index contributed by atoms with van der Waals surface area (Å²) in [4.78, 5) is 3.74. The molecule has 0 atom stereocenters. The highest BCUT2D eigenvalue weighted by Gasteiger charge is 2.16. The van der Waals surface area contributed by atoms with Gasteiger partial charge in [0, 0.05) is 0 Å². The van der Waals surface area contributed by atoms with Crippen LogP contribution >= 0.6 is 0 Å². The van der Waals surface area contributed by atoms with Crippen molar-refractivity contribution < 1.29 is 13.3 Å². The van der Waals surface area contributed by atoms with Crippen LogP contribution < -0.4 is 5.73 Å². The number of halogens is 2. The van der Waals surface area contributed by atoms with Crippen LogP contribution in [0.2, 0.25) is 0 Å². The van der Waals surface area contributed by atoms with Crippen molar-refractivity contribution in [1.82, 2.24) is 10.1 Å². The summed E-state index contributed by atoms with van der Waals surface area (Å²) in [5.41, 5.74) is 4.93. The van der Waals surface area contributed by atoms with Crippen LogP contribution in [-0.2, 0) is 6.54 Å². The molecule has 78 valence electrons. The Morgan fingerprint density at radius 2 is 1.93 bits per heavy atom. The molecule has 0 radical (unpaired) electrons. The molecule has 0 aliphatic carbocycles. The highest BCUT2D eigenvalue weighted by atomic mass is 19.1. The maximum absolute atomic E-state index is 13.3. The van der Waals surface area contributed by atoms with Gasteiger partial charge in [-0.25, -0.2) is 8.78 Å². The minimum atomic E-state index is -0.737. The molecule has 0 unspecified atom stereocenters. The minimum Gasteiger partial charge on any atom is -0.338 e. The second kappa shape index (κ2) is 3.74. The summed E-state index contributed by atoms with van der Waals surface area (Å²) in [6, 6.07) is 3.51. The molecule has 6 heteroatoms. The fourth-order valence-corrected chi connectivity index (χ4v) is 1.15. The number of benzene rings is 1. The molecule has 0 fully saturated rings. The Morgan fingerprint density at radius 1 is 1.27 bits per heavy atom. The zero-order chi connectivity index (χ0) is 10.8. The molecule has 0 amide bonds. The number of nitrogens with zero attached hydrogens (tertiary/aromatic N) is 2. The van der Waals surface area contributed by atoms with E-state index in [1.54, 1.807) is 0 Å². The predicted molar refractivity (Wildman–Crippen MR) is 47.5 cm³/mol. The first-order valence-corrected chi connectivity index (χ1v) is 4.19. The molecule has 0 bridgehead atoms. The summed E-state index contributed by atoms with van der Waals surface area (Å²) < 4.78 is 31.2. The van der Waals surface area contributed by atoms with E-state index in [1.165, 1.54) is 6.07 Å². The topological polar surface area (TPSA) is 64.9 Å². The number of hydrogen-bond acceptors (Lipinski definition) is 4. The Labute approximate surface area is 83.7 Å². The van der Waals surface area contributed by atoms with Crippen molar-refractivity contribution in [3.8, 4) is 11.4 Å². The quantitative estimate of drug-likeness (QED) is 0.816. The van der Waals surface area contributed by atoms with Crippen LogP contribution in [-0.4, -0.2) is 10.1 Å². The van der Waals surface area contributed by atoms with Gasteiger partial charge in [-0.3, -0.25) is 0 Å². The van der Waals surface area contributed by atoms with Crippen molar-refractivity contribution in [2.45, 2.75) is 6.54 Å². The average molecular weight is 211 g/mol. The molecule has 2 rings (SSSR count). The zero-order valence-corrected chi connectivity index (χ0v) is 7.58. The molecule has 2 aromatic rings. The Bertz CT molecular complexity index is 464. The average Bonchev–Trinajstić information content (AvgIpc) is 2.66. The second-order valence-corrected chi connectivity index (χ2v) is 2.81. The van der Waals surface area contributed by atoms with Crippen molar-refractivity contribution in [2.75, 3.05) is 0 Å². The second-order valence-electron chi connectivity index (χ2n) is 2.81. The summed E-state index contributed by atoms with van der Waals surface area (Å²) >= 11 is 0. The minimum absolute atomic E-state index is 0.0308. The fraction of sp³-hybridized carbons (Fsp3) is 0.111. The predicted octanol–water partition coefficient (Wildman–Crippen LogP) is 1.47. The van der Waals surface area contributed by atoms with Gasteiger partial charge in [0.2, 0.25) is 11.7 Å². The monoisotopic (exact) mass is 211 g/mol. The Balaban J connectivity index is 2.53. The van der Waals surface area contributed by atoms with Crippen LogP contribution in [0.25, 0.3) is 11.4 Å². The summed E-state index contributed by atoms with van der Waals surface area (Å²) in [5, 5.41) is 3.43. The zero-order valence-electron chi connectivity index (χ0n) is 7.58. The van der Waals surface area contributed by atoms with Crippen molar-refractivity contribution in [3.63, 3.8) is 0 Å². The van der Waals surface area contributed by atoms with E-state index in [2.05, 4.69) is 14.7 Å². The van der Waals surface area contributed by atoms with E-state index >= 15 is 0 Å². The van der Waals surface area contributed by atoms with Gasteiger partial charge in [-0.15, -0.1) is 0 Å². The van der Waals surface area contributed by atoms with E-state index in [0.717, 1.165) is 12.1 Å². The van der Waals surface area contributed by atoms with Gasteiger partial charge < -0.3 is 10.3 Å². The lowest BCUT2D eigenvalue weighted by Gasteiger charge is -1.97. The van der Waals surface area contributed by atoms with Crippen molar-refractivity contribution in [1.29, 1.82) is 0 Å². The molecule has 1 aromatic carbocycles. The molecular formula is C9H7F2N3O. The maximum atomic E-state index is 13.3. The summed E-state index contributed by atoms with van der Waals surface area (Å²) in [7, 11) is 0. The first kappa shape index (κ1) is 9.72. The van der Waals surface area contributed by atoms with Gasteiger partial charge in [0.25, 0.3) is 0 Å². The van der Waals surface area contributed by atoms with E-state index in [0.29, 0.717) is 0 Å². The Morgan fingerprint density at radius 3 is 2.47 bits per heavy atom. The molecule has 0 aliphatic heterocycles. The maximum Gasteiger partial charge on any atom is 0.240 e. The number of rotatable bonds is 2. The third kappa shape index (κ3) is 1.71. The van der Waals surface area contributed by atoms with Gasteiger partial charge in [0.05, 0.1) is 12.1 Å². The summed E-state index contributed by atoms with van der Waals surface area (Å²) in [6.45, 7) is 0.0308. The smallest absolute Gasteiger partial charge is 0.240 e. The Kier molecular flexibility index (Phi) is 2.42. The molecule has 2 N–H and O–H groups in total. The van der Waals surface area contributed by atoms with E-state index in [1.807, 2.05) is 0 Å². The molecule has 15 heavy (non-hydrogen) atoms. The molecular weight excluding hydrogens is 204 g/mol. The van der Waals surface area contributed by atoms with Crippen LogP contribution in [0.5, 0.6) is 0 Å². The number of aromatic nitrogens is 2. The number of hydrogen-bond donors (Lipinski definition) is 1. The lowest BCUT2D eigenvalue weighted by Crippen LogP contribution is -1.96. The van der Waals surface area contributed by atoms with Gasteiger partial charge in [-0.1, -0.05) is 11.2 Å². The van der Waals surface area contributed by atoms with Gasteiger partial charge in [0.1, 0.15) is 11.6 Å². The third-order valence-electron chi connectivity index (χ3n) is 1.83.